The number of carbonyl (C=O) groups is 1. The second-order valence-corrected chi connectivity index (χ2v) is 12.9. The average molecular weight is 451 g/mol. The van der Waals surface area contributed by atoms with Crippen molar-refractivity contribution in [2.45, 2.75) is 24.2 Å². The summed E-state index contributed by atoms with van der Waals surface area (Å²) in [6.45, 7) is 2.58. The van der Waals surface area contributed by atoms with E-state index in [2.05, 4.69) is 24.4 Å². The van der Waals surface area contributed by atoms with Gasteiger partial charge in [-0.15, -0.1) is 0 Å². The zero-order valence-electron chi connectivity index (χ0n) is 14.3. The van der Waals surface area contributed by atoms with E-state index in [4.69, 9.17) is 9.47 Å². The molecule has 0 aromatic heterocycles. The van der Waals surface area contributed by atoms with Gasteiger partial charge in [-0.1, -0.05) is 0 Å². The Labute approximate surface area is 155 Å². The monoisotopic (exact) mass is 451 g/mol. The van der Waals surface area contributed by atoms with Crippen molar-refractivity contribution in [2.24, 2.45) is 0 Å². The van der Waals surface area contributed by atoms with Gasteiger partial charge < -0.3 is 0 Å². The van der Waals surface area contributed by atoms with Gasteiger partial charge in [-0.05, 0) is 0 Å². The maximum atomic E-state index is 12.4. The van der Waals surface area contributed by atoms with E-state index in [9.17, 15) is 4.79 Å². The van der Waals surface area contributed by atoms with Gasteiger partial charge in [0.1, 0.15) is 0 Å². The molecule has 2 aromatic carbocycles. The molecule has 0 unspecified atom stereocenters. The molecule has 0 radical (unpaired) electrons. The quantitative estimate of drug-likeness (QED) is 0.561. The number of carbonyl (C=O) groups excluding carboxylic acids is 1. The first-order valence-electron chi connectivity index (χ1n) is 8.59. The molecule has 0 aliphatic carbocycles. The van der Waals surface area contributed by atoms with Gasteiger partial charge in [-0.3, -0.25) is 0 Å². The van der Waals surface area contributed by atoms with E-state index in [1.165, 1.54) is 30.8 Å². The molecule has 132 valence electrons. The van der Waals surface area contributed by atoms with Crippen molar-refractivity contribution in [1.29, 1.82) is 0 Å². The van der Waals surface area contributed by atoms with Crippen molar-refractivity contribution in [3.63, 3.8) is 0 Å². The first-order valence-corrected chi connectivity index (χ1v) is 13.2. The summed E-state index contributed by atoms with van der Waals surface area (Å²) in [7, 11) is 0. The van der Waals surface area contributed by atoms with Crippen LogP contribution in [0.5, 0.6) is 11.5 Å². The molecule has 0 atom stereocenters. The number of aryl methyl sites for hydroxylation is 1. The van der Waals surface area contributed by atoms with Crippen molar-refractivity contribution in [1.82, 2.24) is 0 Å². The van der Waals surface area contributed by atoms with Crippen LogP contribution in [0, 0.1) is 0 Å². The van der Waals surface area contributed by atoms with Crippen molar-refractivity contribution in [3.8, 4) is 11.5 Å². The third kappa shape index (κ3) is 3.76. The molecule has 25 heavy (non-hydrogen) atoms. The van der Waals surface area contributed by atoms with E-state index in [0.717, 1.165) is 22.7 Å². The van der Waals surface area contributed by atoms with Crippen LogP contribution in [0.2, 0.25) is 0 Å². The average Bonchev–Trinajstić information content (AvgIpc) is 3.08. The van der Waals surface area contributed by atoms with Crippen LogP contribution in [0.4, 0.5) is 5.69 Å². The summed E-state index contributed by atoms with van der Waals surface area (Å²) in [5, 5.41) is 3.05. The molecule has 0 spiro atoms. The Bertz CT molecular complexity index is 806. The van der Waals surface area contributed by atoms with E-state index in [0.29, 0.717) is 6.42 Å². The summed E-state index contributed by atoms with van der Waals surface area (Å²) in [5.74, 6) is 1.46. The van der Waals surface area contributed by atoms with E-state index in [1.54, 1.807) is 0 Å². The van der Waals surface area contributed by atoms with Crippen molar-refractivity contribution in [2.75, 3.05) is 21.0 Å². The van der Waals surface area contributed by atoms with Crippen LogP contribution in [-0.2, 0) is 22.1 Å². The third-order valence-corrected chi connectivity index (χ3v) is 10.8. The van der Waals surface area contributed by atoms with E-state index < -0.39 is 19.8 Å². The molecule has 5 heteroatoms. The summed E-state index contributed by atoms with van der Waals surface area (Å²) in [4.78, 5) is 12.4. The molecule has 2 heterocycles. The Kier molecular flexibility index (Phi) is 4.83. The van der Waals surface area contributed by atoms with E-state index in [-0.39, 0.29) is 12.7 Å². The number of anilines is 1. The molecule has 2 aliphatic rings. The number of nitrogens with one attached hydrogen (secondary N) is 1. The van der Waals surface area contributed by atoms with Gasteiger partial charge in [-0.2, -0.15) is 0 Å². The molecular weight excluding hydrogens is 429 g/mol. The number of hydrogen-bond acceptors (Lipinski definition) is 3. The number of fused-ring (bicyclic) bond motifs is 2. The molecular formula is C20H22INO3. The van der Waals surface area contributed by atoms with Crippen LogP contribution < -0.4 is 14.8 Å². The van der Waals surface area contributed by atoms with Crippen molar-refractivity contribution >= 4 is 31.4 Å². The van der Waals surface area contributed by atoms with Crippen LogP contribution in [0.1, 0.15) is 23.6 Å². The van der Waals surface area contributed by atoms with Gasteiger partial charge in [0.05, 0.1) is 0 Å². The number of hydrogen-bond donors (Lipinski definition) is 1. The zero-order valence-corrected chi connectivity index (χ0v) is 16.5. The van der Waals surface area contributed by atoms with Crippen LogP contribution in [0.3, 0.4) is 0 Å². The number of amides is 1. The second-order valence-electron chi connectivity index (χ2n) is 6.30. The van der Waals surface area contributed by atoms with E-state index >= 15 is 0 Å². The zero-order chi connectivity index (χ0) is 17.2. The Morgan fingerprint density at radius 2 is 2.00 bits per heavy atom. The van der Waals surface area contributed by atoms with Gasteiger partial charge in [-0.25, -0.2) is 0 Å². The summed E-state index contributed by atoms with van der Waals surface area (Å²) >= 11 is -0.778. The fourth-order valence-electron chi connectivity index (χ4n) is 3.25. The van der Waals surface area contributed by atoms with Crippen molar-refractivity contribution < 1.29 is 14.3 Å². The minimum atomic E-state index is -0.778. The molecule has 2 aliphatic heterocycles. The number of alkyl halides is 3. The minimum absolute atomic E-state index is 0.000443. The number of rotatable bonds is 4. The molecule has 0 fully saturated rings. The Morgan fingerprint density at radius 1 is 1.12 bits per heavy atom. The Morgan fingerprint density at radius 3 is 2.88 bits per heavy atom. The second kappa shape index (κ2) is 7.23. The summed E-state index contributed by atoms with van der Waals surface area (Å²) in [6.07, 6.45) is 1.56. The molecule has 0 saturated carbocycles. The van der Waals surface area contributed by atoms with Gasteiger partial charge >= 0.3 is 155 Å². The summed E-state index contributed by atoms with van der Waals surface area (Å²) in [6, 6.07) is 12.1. The van der Waals surface area contributed by atoms with Gasteiger partial charge in [0.15, 0.2) is 0 Å². The Balaban J connectivity index is 1.42. The van der Waals surface area contributed by atoms with Gasteiger partial charge in [0, 0.05) is 0 Å². The molecule has 4 rings (SSSR count). The van der Waals surface area contributed by atoms with Crippen molar-refractivity contribution in [3.05, 3.63) is 53.1 Å². The molecule has 0 saturated heterocycles. The standard InChI is InChI=1S/C20H22INO3/c1-2-21-8-7-15-4-5-17(11-16(15)12-21)22-20(23)10-14-3-6-18-19(9-14)25-13-24-18/h3-6,9,11H,2,7-8,10,12-13H2,1H3,(H,22,23). The molecule has 0 bridgehead atoms. The van der Waals surface area contributed by atoms with Gasteiger partial charge in [0.25, 0.3) is 0 Å². The first kappa shape index (κ1) is 16.7. The summed E-state index contributed by atoms with van der Waals surface area (Å²) < 4.78 is 14.8. The first-order chi connectivity index (χ1) is 12.2. The topological polar surface area (TPSA) is 47.6 Å². The predicted molar refractivity (Wildman–Crippen MR) is 108 cm³/mol. The van der Waals surface area contributed by atoms with Gasteiger partial charge in [0.2, 0.25) is 0 Å². The number of halogens is 1. The fraction of sp³-hybridized carbons (Fsp3) is 0.350. The molecule has 4 nitrogen and oxygen atoms in total. The predicted octanol–water partition coefficient (Wildman–Crippen LogP) is 4.18. The number of benzene rings is 2. The molecule has 1 N–H and O–H groups in total. The van der Waals surface area contributed by atoms with Crippen LogP contribution in [0.15, 0.2) is 36.4 Å². The summed E-state index contributed by atoms with van der Waals surface area (Å²) in [5.41, 5.74) is 4.77. The third-order valence-electron chi connectivity index (χ3n) is 4.63. The van der Waals surface area contributed by atoms with Crippen LogP contribution >= 0.6 is 19.8 Å². The van der Waals surface area contributed by atoms with Crippen LogP contribution in [-0.4, -0.2) is 21.6 Å². The van der Waals surface area contributed by atoms with Crippen LogP contribution in [0.25, 0.3) is 0 Å². The number of ether oxygens (including phenoxy) is 2. The fourth-order valence-corrected chi connectivity index (χ4v) is 8.15. The normalized spacial score (nSPS) is 16.4. The maximum absolute atomic E-state index is 12.4. The van der Waals surface area contributed by atoms with E-state index in [1.807, 2.05) is 24.3 Å². The Hall–Kier alpha value is -1.76. The molecule has 2 aromatic rings. The molecule has 1 amide bonds. The SMILES string of the molecule is CCI1CCc2ccc(NC(=O)Cc3ccc4c(c3)OCO4)cc2C1.